The van der Waals surface area contributed by atoms with Crippen LogP contribution in [0.25, 0.3) is 0 Å². The Hall–Kier alpha value is -4.78. The van der Waals surface area contributed by atoms with Crippen LogP contribution in [0.15, 0.2) is 95.2 Å². The topological polar surface area (TPSA) is 130 Å². The van der Waals surface area contributed by atoms with Gasteiger partial charge in [-0.1, -0.05) is 71.9 Å². The van der Waals surface area contributed by atoms with Crippen LogP contribution >= 0.6 is 34.7 Å². The summed E-state index contributed by atoms with van der Waals surface area (Å²) in [6.45, 7) is 0. The van der Waals surface area contributed by atoms with Gasteiger partial charge in [-0.3, -0.25) is 19.8 Å². The van der Waals surface area contributed by atoms with Gasteiger partial charge in [0.25, 0.3) is 17.7 Å². The first-order valence-corrected chi connectivity index (χ1v) is 17.1. The van der Waals surface area contributed by atoms with Gasteiger partial charge in [0.2, 0.25) is 5.16 Å². The molecule has 0 fully saturated rings. The van der Waals surface area contributed by atoms with Crippen LogP contribution in [0.2, 0.25) is 5.02 Å². The van der Waals surface area contributed by atoms with Crippen molar-refractivity contribution in [1.82, 2.24) is 20.3 Å². The highest BCUT2D eigenvalue weighted by Gasteiger charge is 2.26. The molecule has 3 amide bonds. The monoisotopic (exact) mass is 683 g/mol. The van der Waals surface area contributed by atoms with Gasteiger partial charge < -0.3 is 5.32 Å². The Bertz CT molecular complexity index is 1910. The zero-order valence-corrected chi connectivity index (χ0v) is 27.5. The number of nitrogens with zero attached hydrogens (tertiary/aromatic N) is 4. The van der Waals surface area contributed by atoms with E-state index in [0.717, 1.165) is 53.6 Å². The number of hydrazone groups is 1. The van der Waals surface area contributed by atoms with E-state index in [9.17, 15) is 14.4 Å². The van der Waals surface area contributed by atoms with Crippen LogP contribution in [0, 0.1) is 0 Å². The standard InChI is InChI=1S/C34H30ClN7O3S2/c35-25-17-15-24(16-18-25)32(45)41-42-29(38-40-34(42)46-21-30(43)39-36-20-22-9-3-1-4-10-22)19-27-26-13-7-8-14-28(26)47-33(27)37-31(44)23-11-5-2-6-12-23/h1-6,9-12,15-18,20H,7-8,13-14,19,21H2,(H,37,44)(H,39,43)(H,41,45)/b36-20+. The molecule has 5 aromatic rings. The first-order valence-electron chi connectivity index (χ1n) is 15.0. The molecule has 47 heavy (non-hydrogen) atoms. The molecule has 3 N–H and O–H groups in total. The summed E-state index contributed by atoms with van der Waals surface area (Å²) < 4.78 is 1.51. The summed E-state index contributed by atoms with van der Waals surface area (Å²) in [5.74, 6) is -0.502. The van der Waals surface area contributed by atoms with Gasteiger partial charge in [0.05, 0.1) is 17.0 Å². The molecule has 13 heteroatoms. The van der Waals surface area contributed by atoms with E-state index in [2.05, 4.69) is 31.5 Å². The number of carbonyl (C=O) groups is 3. The van der Waals surface area contributed by atoms with Crippen molar-refractivity contribution < 1.29 is 14.4 Å². The minimum Gasteiger partial charge on any atom is -0.313 e. The van der Waals surface area contributed by atoms with Gasteiger partial charge in [0.15, 0.2) is 5.82 Å². The maximum Gasteiger partial charge on any atom is 0.270 e. The van der Waals surface area contributed by atoms with Gasteiger partial charge in [-0.2, -0.15) is 5.10 Å². The maximum atomic E-state index is 13.4. The van der Waals surface area contributed by atoms with Crippen molar-refractivity contribution in [2.45, 2.75) is 37.3 Å². The number of anilines is 1. The summed E-state index contributed by atoms with van der Waals surface area (Å²) in [5.41, 5.74) is 9.39. The maximum absolute atomic E-state index is 13.4. The highest BCUT2D eigenvalue weighted by molar-refractivity contribution is 7.99. The van der Waals surface area contributed by atoms with Gasteiger partial charge in [0.1, 0.15) is 0 Å². The van der Waals surface area contributed by atoms with Crippen LogP contribution in [-0.4, -0.2) is 44.6 Å². The van der Waals surface area contributed by atoms with Crippen molar-refractivity contribution in [3.8, 4) is 0 Å². The van der Waals surface area contributed by atoms with Gasteiger partial charge in [-0.25, -0.2) is 10.1 Å². The normalized spacial score (nSPS) is 12.4. The smallest absolute Gasteiger partial charge is 0.270 e. The van der Waals surface area contributed by atoms with Crippen LogP contribution < -0.4 is 16.2 Å². The Kier molecular flexibility index (Phi) is 10.4. The fourth-order valence-corrected chi connectivity index (χ4v) is 7.24. The molecule has 3 aromatic carbocycles. The minimum absolute atomic E-state index is 0.0205. The van der Waals surface area contributed by atoms with Gasteiger partial charge in [-0.15, -0.1) is 21.5 Å². The molecule has 6 rings (SSSR count). The summed E-state index contributed by atoms with van der Waals surface area (Å²) in [5, 5.41) is 17.5. The number of amides is 3. The second-order valence-corrected chi connectivity index (χ2v) is 13.2. The highest BCUT2D eigenvalue weighted by Crippen LogP contribution is 2.39. The Morgan fingerprint density at radius 3 is 2.36 bits per heavy atom. The van der Waals surface area contributed by atoms with Gasteiger partial charge in [0, 0.05) is 27.4 Å². The fourth-order valence-electron chi connectivity index (χ4n) is 5.11. The minimum atomic E-state index is -0.397. The van der Waals surface area contributed by atoms with E-state index in [-0.39, 0.29) is 17.6 Å². The third-order valence-electron chi connectivity index (χ3n) is 7.43. The Balaban J connectivity index is 1.26. The van der Waals surface area contributed by atoms with Crippen molar-refractivity contribution in [2.75, 3.05) is 16.5 Å². The van der Waals surface area contributed by atoms with Crippen LogP contribution in [0.3, 0.4) is 0 Å². The number of aryl methyl sites for hydroxylation is 1. The predicted octanol–water partition coefficient (Wildman–Crippen LogP) is 6.34. The second kappa shape index (κ2) is 15.2. The van der Waals surface area contributed by atoms with E-state index >= 15 is 0 Å². The average Bonchev–Trinajstić information content (AvgIpc) is 3.64. The molecule has 0 saturated heterocycles. The van der Waals surface area contributed by atoms with E-state index in [4.69, 9.17) is 11.6 Å². The SMILES string of the molecule is O=C(CSc1nnc(Cc2c(NC(=O)c3ccccc3)sc3c2CCCC3)n1NC(=O)c1ccc(Cl)cc1)N/N=C/c1ccccc1. The van der Waals surface area contributed by atoms with Crippen molar-refractivity contribution in [3.63, 3.8) is 0 Å². The number of rotatable bonds is 11. The number of aromatic nitrogens is 3. The van der Waals surface area contributed by atoms with Gasteiger partial charge >= 0.3 is 0 Å². The molecule has 2 heterocycles. The molecule has 1 aliphatic rings. The molecule has 1 aliphatic carbocycles. The molecule has 0 atom stereocenters. The third kappa shape index (κ3) is 8.15. The lowest BCUT2D eigenvalue weighted by atomic mass is 9.94. The molecule has 0 bridgehead atoms. The first-order chi connectivity index (χ1) is 22.9. The predicted molar refractivity (Wildman–Crippen MR) is 186 cm³/mol. The lowest BCUT2D eigenvalue weighted by Crippen LogP contribution is -2.26. The molecule has 0 saturated carbocycles. The summed E-state index contributed by atoms with van der Waals surface area (Å²) in [6.07, 6.45) is 5.83. The van der Waals surface area contributed by atoms with Crippen LogP contribution in [0.1, 0.15) is 60.9 Å². The lowest BCUT2D eigenvalue weighted by molar-refractivity contribution is -0.118. The first kappa shape index (κ1) is 32.2. The number of fused-ring (bicyclic) bond motifs is 1. The molecule has 0 unspecified atom stereocenters. The number of benzene rings is 3. The molecular weight excluding hydrogens is 654 g/mol. The van der Waals surface area contributed by atoms with Crippen molar-refractivity contribution >= 4 is 63.6 Å². The Morgan fingerprint density at radius 1 is 0.894 bits per heavy atom. The lowest BCUT2D eigenvalue weighted by Gasteiger charge is -2.15. The number of nitrogens with one attached hydrogen (secondary N) is 3. The van der Waals surface area contributed by atoms with Crippen LogP contribution in [0.5, 0.6) is 0 Å². The van der Waals surface area contributed by atoms with Crippen molar-refractivity contribution in [3.05, 3.63) is 128 Å². The molecule has 0 radical (unpaired) electrons. The summed E-state index contributed by atoms with van der Waals surface area (Å²) >= 11 is 8.75. The number of hydrogen-bond donors (Lipinski definition) is 3. The Morgan fingerprint density at radius 2 is 1.60 bits per heavy atom. The zero-order valence-electron chi connectivity index (χ0n) is 25.1. The average molecular weight is 684 g/mol. The fraction of sp³-hybridized carbons (Fsp3) is 0.176. The summed E-state index contributed by atoms with van der Waals surface area (Å²) in [7, 11) is 0. The number of carbonyl (C=O) groups excluding carboxylic acids is 3. The zero-order chi connectivity index (χ0) is 32.6. The summed E-state index contributed by atoms with van der Waals surface area (Å²) in [6, 6.07) is 25.0. The quantitative estimate of drug-likeness (QED) is 0.0846. The highest BCUT2D eigenvalue weighted by atomic mass is 35.5. The van der Waals surface area contributed by atoms with E-state index in [0.29, 0.717) is 33.6 Å². The molecule has 10 nitrogen and oxygen atoms in total. The summed E-state index contributed by atoms with van der Waals surface area (Å²) in [4.78, 5) is 40.4. The number of hydrogen-bond acceptors (Lipinski definition) is 8. The number of thiophene rings is 1. The Labute approximate surface area is 284 Å². The van der Waals surface area contributed by atoms with E-state index in [1.54, 1.807) is 53.9 Å². The number of halogens is 1. The van der Waals surface area contributed by atoms with Crippen LogP contribution in [0.4, 0.5) is 5.00 Å². The van der Waals surface area contributed by atoms with Crippen molar-refractivity contribution in [2.24, 2.45) is 5.10 Å². The van der Waals surface area contributed by atoms with E-state index in [1.807, 2.05) is 48.5 Å². The molecule has 0 aliphatic heterocycles. The van der Waals surface area contributed by atoms with E-state index < -0.39 is 5.91 Å². The molecule has 238 valence electrons. The number of thioether (sulfide) groups is 1. The third-order valence-corrected chi connectivity index (χ3v) is 9.86. The van der Waals surface area contributed by atoms with Gasteiger partial charge in [-0.05, 0) is 78.8 Å². The van der Waals surface area contributed by atoms with Crippen LogP contribution in [-0.2, 0) is 24.1 Å². The molecule has 2 aromatic heterocycles. The molecule has 0 spiro atoms. The van der Waals surface area contributed by atoms with Crippen molar-refractivity contribution in [1.29, 1.82) is 0 Å². The molecular formula is C34H30ClN7O3S2. The van der Waals surface area contributed by atoms with E-state index in [1.165, 1.54) is 15.1 Å². The largest absolute Gasteiger partial charge is 0.313 e. The second-order valence-electron chi connectivity index (χ2n) is 10.7.